The number of rotatable bonds is 4. The zero-order valence-electron chi connectivity index (χ0n) is 11.0. The van der Waals surface area contributed by atoms with E-state index in [2.05, 4.69) is 26.1 Å². The lowest BCUT2D eigenvalue weighted by Crippen LogP contribution is -2.32. The van der Waals surface area contributed by atoms with Gasteiger partial charge in [-0.2, -0.15) is 0 Å². The summed E-state index contributed by atoms with van der Waals surface area (Å²) in [6.45, 7) is 6.56. The van der Waals surface area contributed by atoms with E-state index in [9.17, 15) is 4.39 Å². The summed E-state index contributed by atoms with van der Waals surface area (Å²) in [5, 5.41) is 3.45. The summed E-state index contributed by atoms with van der Waals surface area (Å²) in [7, 11) is 1.92. The maximum atomic E-state index is 13.8. The molecule has 0 aliphatic carbocycles. The van der Waals surface area contributed by atoms with Crippen LogP contribution in [0.2, 0.25) is 5.02 Å². The molecule has 0 spiro atoms. The van der Waals surface area contributed by atoms with Gasteiger partial charge in [0.05, 0.1) is 5.02 Å². The van der Waals surface area contributed by atoms with Crippen LogP contribution in [-0.2, 0) is 6.42 Å². The molecule has 1 nitrogen and oxygen atoms in total. The minimum Gasteiger partial charge on any atom is -0.317 e. The molecule has 1 atom stereocenters. The third-order valence-electron chi connectivity index (χ3n) is 2.76. The van der Waals surface area contributed by atoms with Crippen molar-refractivity contribution in [2.75, 3.05) is 7.05 Å². The van der Waals surface area contributed by atoms with Crippen LogP contribution >= 0.6 is 11.6 Å². The van der Waals surface area contributed by atoms with Crippen LogP contribution in [0.25, 0.3) is 0 Å². The zero-order chi connectivity index (χ0) is 13.1. The minimum absolute atomic E-state index is 0.202. The second kappa shape index (κ2) is 5.83. The van der Waals surface area contributed by atoms with Crippen LogP contribution in [0.5, 0.6) is 0 Å². The lowest BCUT2D eigenvalue weighted by Gasteiger charge is -2.26. The van der Waals surface area contributed by atoms with Crippen molar-refractivity contribution in [3.05, 3.63) is 34.6 Å². The molecule has 0 radical (unpaired) electrons. The van der Waals surface area contributed by atoms with Crippen LogP contribution in [0.4, 0.5) is 4.39 Å². The molecule has 1 aromatic carbocycles. The largest absolute Gasteiger partial charge is 0.317 e. The van der Waals surface area contributed by atoms with Crippen molar-refractivity contribution < 1.29 is 4.39 Å². The van der Waals surface area contributed by atoms with Crippen molar-refractivity contribution >= 4 is 11.6 Å². The third kappa shape index (κ3) is 4.64. The average molecular weight is 258 g/mol. The minimum atomic E-state index is -0.289. The van der Waals surface area contributed by atoms with Crippen LogP contribution in [0.3, 0.4) is 0 Å². The first-order valence-electron chi connectivity index (χ1n) is 5.93. The molecule has 0 aliphatic heterocycles. The second-order valence-electron chi connectivity index (χ2n) is 5.67. The van der Waals surface area contributed by atoms with Crippen molar-refractivity contribution in [1.82, 2.24) is 5.32 Å². The lowest BCUT2D eigenvalue weighted by molar-refractivity contribution is 0.314. The van der Waals surface area contributed by atoms with E-state index in [0.29, 0.717) is 12.0 Å². The van der Waals surface area contributed by atoms with Crippen molar-refractivity contribution in [2.45, 2.75) is 39.7 Å². The van der Waals surface area contributed by atoms with E-state index >= 15 is 0 Å². The molecule has 96 valence electrons. The van der Waals surface area contributed by atoms with Crippen LogP contribution in [0.1, 0.15) is 32.8 Å². The highest BCUT2D eigenvalue weighted by atomic mass is 35.5. The average Bonchev–Trinajstić information content (AvgIpc) is 2.21. The molecular formula is C14H21ClFN. The standard InChI is InChI=1S/C14H21ClFN/c1-14(2,3)9-11(17-4)8-10-6-5-7-12(15)13(10)16/h5-7,11,17H,8-9H2,1-4H3. The Balaban J connectivity index is 2.77. The molecule has 0 heterocycles. The van der Waals surface area contributed by atoms with Gasteiger partial charge in [-0.15, -0.1) is 0 Å². The Morgan fingerprint density at radius 1 is 1.35 bits per heavy atom. The van der Waals surface area contributed by atoms with E-state index in [1.54, 1.807) is 18.2 Å². The molecular weight excluding hydrogens is 237 g/mol. The van der Waals surface area contributed by atoms with Gasteiger partial charge in [0, 0.05) is 6.04 Å². The van der Waals surface area contributed by atoms with E-state index in [4.69, 9.17) is 11.6 Å². The summed E-state index contributed by atoms with van der Waals surface area (Å²) in [6, 6.07) is 5.44. The van der Waals surface area contributed by atoms with Crippen LogP contribution in [0, 0.1) is 11.2 Å². The highest BCUT2D eigenvalue weighted by Gasteiger charge is 2.19. The van der Waals surface area contributed by atoms with Gasteiger partial charge in [-0.1, -0.05) is 44.5 Å². The Hall–Kier alpha value is -0.600. The quantitative estimate of drug-likeness (QED) is 0.858. The van der Waals surface area contributed by atoms with E-state index in [1.165, 1.54) is 0 Å². The van der Waals surface area contributed by atoms with Crippen molar-refractivity contribution in [3.63, 3.8) is 0 Å². The van der Waals surface area contributed by atoms with E-state index < -0.39 is 0 Å². The summed E-state index contributed by atoms with van der Waals surface area (Å²) >= 11 is 5.78. The number of likely N-dealkylation sites (N-methyl/N-ethyl adjacent to an activating group) is 1. The zero-order valence-corrected chi connectivity index (χ0v) is 11.7. The van der Waals surface area contributed by atoms with E-state index in [-0.39, 0.29) is 22.3 Å². The maximum absolute atomic E-state index is 13.8. The number of hydrogen-bond acceptors (Lipinski definition) is 1. The predicted molar refractivity (Wildman–Crippen MR) is 72.0 cm³/mol. The topological polar surface area (TPSA) is 12.0 Å². The smallest absolute Gasteiger partial charge is 0.145 e. The van der Waals surface area contributed by atoms with Gasteiger partial charge >= 0.3 is 0 Å². The predicted octanol–water partition coefficient (Wildman–Crippen LogP) is 4.05. The molecule has 3 heteroatoms. The summed E-state index contributed by atoms with van der Waals surface area (Å²) in [5.74, 6) is -0.289. The van der Waals surface area contributed by atoms with Gasteiger partial charge < -0.3 is 5.32 Å². The number of nitrogens with one attached hydrogen (secondary N) is 1. The normalized spacial score (nSPS) is 13.8. The van der Waals surface area contributed by atoms with Gasteiger partial charge in [0.2, 0.25) is 0 Å². The Morgan fingerprint density at radius 2 is 2.00 bits per heavy atom. The van der Waals surface area contributed by atoms with Gasteiger partial charge in [0.15, 0.2) is 0 Å². The summed E-state index contributed by atoms with van der Waals surface area (Å²) < 4.78 is 13.8. The number of halogens is 2. The monoisotopic (exact) mass is 257 g/mol. The highest BCUT2D eigenvalue weighted by Crippen LogP contribution is 2.24. The van der Waals surface area contributed by atoms with Crippen LogP contribution in [0.15, 0.2) is 18.2 Å². The first-order chi connectivity index (χ1) is 7.83. The molecule has 0 amide bonds. The number of hydrogen-bond donors (Lipinski definition) is 1. The van der Waals surface area contributed by atoms with Crippen molar-refractivity contribution in [2.24, 2.45) is 5.41 Å². The molecule has 0 aliphatic rings. The number of benzene rings is 1. The highest BCUT2D eigenvalue weighted by molar-refractivity contribution is 6.30. The Kier molecular flexibility index (Phi) is 4.96. The molecule has 1 aromatic rings. The summed E-state index contributed by atoms with van der Waals surface area (Å²) in [4.78, 5) is 0. The van der Waals surface area contributed by atoms with Gasteiger partial charge in [-0.3, -0.25) is 0 Å². The lowest BCUT2D eigenvalue weighted by atomic mass is 9.86. The van der Waals surface area contributed by atoms with Gasteiger partial charge in [0.1, 0.15) is 5.82 Å². The van der Waals surface area contributed by atoms with Crippen LogP contribution < -0.4 is 5.32 Å². The molecule has 0 fully saturated rings. The Bertz CT molecular complexity index is 371. The fourth-order valence-electron chi connectivity index (χ4n) is 1.99. The molecule has 0 saturated carbocycles. The summed E-state index contributed by atoms with van der Waals surface area (Å²) in [5.41, 5.74) is 0.907. The third-order valence-corrected chi connectivity index (χ3v) is 3.06. The maximum Gasteiger partial charge on any atom is 0.145 e. The molecule has 0 bridgehead atoms. The molecule has 0 aromatic heterocycles. The van der Waals surface area contributed by atoms with Crippen molar-refractivity contribution in [1.29, 1.82) is 0 Å². The molecule has 0 saturated heterocycles. The van der Waals surface area contributed by atoms with Crippen molar-refractivity contribution in [3.8, 4) is 0 Å². The first kappa shape index (κ1) is 14.5. The first-order valence-corrected chi connectivity index (χ1v) is 6.31. The molecule has 1 unspecified atom stereocenters. The van der Waals surface area contributed by atoms with Crippen LogP contribution in [-0.4, -0.2) is 13.1 Å². The van der Waals surface area contributed by atoms with Gasteiger partial charge in [0.25, 0.3) is 0 Å². The Morgan fingerprint density at radius 3 is 2.53 bits per heavy atom. The summed E-state index contributed by atoms with van der Waals surface area (Å²) in [6.07, 6.45) is 1.66. The van der Waals surface area contributed by atoms with Gasteiger partial charge in [-0.05, 0) is 36.9 Å². The Labute approximate surface area is 108 Å². The molecule has 1 rings (SSSR count). The second-order valence-corrected chi connectivity index (χ2v) is 6.07. The van der Waals surface area contributed by atoms with Gasteiger partial charge in [-0.25, -0.2) is 4.39 Å². The van der Waals surface area contributed by atoms with E-state index in [1.807, 2.05) is 7.05 Å². The van der Waals surface area contributed by atoms with E-state index in [0.717, 1.165) is 6.42 Å². The molecule has 17 heavy (non-hydrogen) atoms. The fraction of sp³-hybridized carbons (Fsp3) is 0.571. The SMILES string of the molecule is CNC(Cc1cccc(Cl)c1F)CC(C)(C)C. The fourth-order valence-corrected chi connectivity index (χ4v) is 2.18. The molecule has 1 N–H and O–H groups in total.